The number of imidazole rings is 1. The van der Waals surface area contributed by atoms with Crippen molar-refractivity contribution in [1.29, 1.82) is 0 Å². The molecule has 0 fully saturated rings. The monoisotopic (exact) mass is 940 g/mol. The van der Waals surface area contributed by atoms with Gasteiger partial charge in [-0.2, -0.15) is 0 Å². The second-order valence-corrected chi connectivity index (χ2v) is 17.6. The van der Waals surface area contributed by atoms with Crippen molar-refractivity contribution in [3.05, 3.63) is 263 Å². The van der Waals surface area contributed by atoms with Gasteiger partial charge < -0.3 is 14.7 Å². The molecule has 0 saturated heterocycles. The lowest BCUT2D eigenvalue weighted by atomic mass is 9.92. The Kier molecular flexibility index (Phi) is 11.2. The molecule has 0 atom stereocenters. The van der Waals surface area contributed by atoms with Gasteiger partial charge in [0, 0.05) is 34.4 Å². The van der Waals surface area contributed by atoms with Gasteiger partial charge >= 0.3 is 11.5 Å². The molecule has 70 heavy (non-hydrogen) atoms. The first-order chi connectivity index (χ1) is 34.5. The molecular formula is C62H38Cl2N4O2. The highest BCUT2D eigenvalue weighted by Crippen LogP contribution is 2.48. The zero-order valence-electron chi connectivity index (χ0n) is 37.3. The molecule has 2 aliphatic rings. The maximum atomic E-state index is 7.16. The molecule has 0 bridgehead atoms. The maximum absolute atomic E-state index is 7.16. The summed E-state index contributed by atoms with van der Waals surface area (Å²) in [6, 6.07) is 70.7. The minimum absolute atomic E-state index is 0.457. The summed E-state index contributed by atoms with van der Waals surface area (Å²) in [5.74, 6) is 3.40. The highest BCUT2D eigenvalue weighted by Gasteiger charge is 2.28. The number of fused-ring (bicyclic) bond motifs is 2. The fraction of sp³-hybridized carbons (Fsp3) is 0. The Labute approximate surface area is 414 Å². The molecule has 2 heterocycles. The van der Waals surface area contributed by atoms with E-state index in [9.17, 15) is 0 Å². The van der Waals surface area contributed by atoms with Crippen molar-refractivity contribution in [3.63, 3.8) is 0 Å². The number of nitrogens with zero attached hydrogens (tertiary/aromatic N) is 4. The minimum Gasteiger partial charge on any atom is -0.457 e. The van der Waals surface area contributed by atoms with Gasteiger partial charge in [0.15, 0.2) is 5.82 Å². The van der Waals surface area contributed by atoms with E-state index >= 15 is 0 Å². The number of hydrogen-bond donors (Lipinski definition) is 0. The number of aliphatic imine (C=N–C) groups is 2. The van der Waals surface area contributed by atoms with Gasteiger partial charge in [-0.3, -0.25) is 0 Å². The molecule has 1 aromatic heterocycles. The van der Waals surface area contributed by atoms with Crippen LogP contribution < -0.4 is 9.72 Å². The van der Waals surface area contributed by atoms with Crippen LogP contribution in [0.25, 0.3) is 66.6 Å². The van der Waals surface area contributed by atoms with E-state index in [2.05, 4.69) is 36.4 Å². The van der Waals surface area contributed by atoms with Crippen molar-refractivity contribution in [2.24, 2.45) is 9.98 Å². The molecule has 0 radical (unpaired) electrons. The lowest BCUT2D eigenvalue weighted by Crippen LogP contribution is -2.13. The molecule has 8 heteroatoms. The van der Waals surface area contributed by atoms with Gasteiger partial charge in [0.25, 0.3) is 0 Å². The number of ether oxygens (including phenoxy) is 1. The summed E-state index contributed by atoms with van der Waals surface area (Å²) in [7, 11) is 0. The van der Waals surface area contributed by atoms with E-state index in [0.29, 0.717) is 55.9 Å². The van der Waals surface area contributed by atoms with E-state index in [4.69, 9.17) is 52.3 Å². The van der Waals surface area contributed by atoms with Crippen molar-refractivity contribution in [1.82, 2.24) is 9.97 Å². The van der Waals surface area contributed by atoms with Gasteiger partial charge in [0.1, 0.15) is 11.5 Å². The predicted molar refractivity (Wildman–Crippen MR) is 286 cm³/mol. The van der Waals surface area contributed by atoms with E-state index in [1.54, 1.807) is 0 Å². The molecule has 0 spiro atoms. The van der Waals surface area contributed by atoms with Crippen LogP contribution in [0.5, 0.6) is 17.2 Å². The third-order valence-corrected chi connectivity index (χ3v) is 13.0. The Bertz CT molecular complexity index is 3740. The molecule has 0 amide bonds. The third-order valence-electron chi connectivity index (χ3n) is 12.4. The molecule has 10 aromatic rings. The number of benzene rings is 9. The van der Waals surface area contributed by atoms with E-state index < -0.39 is 0 Å². The van der Waals surface area contributed by atoms with Gasteiger partial charge in [-0.05, 0) is 91.9 Å². The number of carbonyl (C=O) groups excluding carboxylic acids is 1. The van der Waals surface area contributed by atoms with Crippen LogP contribution in [0.2, 0.25) is 5.02 Å². The lowest BCUT2D eigenvalue weighted by Gasteiger charge is -2.16. The number of rotatable bonds is 9. The first kappa shape index (κ1) is 42.7. The van der Waals surface area contributed by atoms with Crippen LogP contribution >= 0.6 is 23.2 Å². The summed E-state index contributed by atoms with van der Waals surface area (Å²) < 4.78 is 13.8. The van der Waals surface area contributed by atoms with Crippen molar-refractivity contribution in [2.45, 2.75) is 0 Å². The number of aromatic nitrogens is 2. The van der Waals surface area contributed by atoms with Gasteiger partial charge in [-0.15, -0.1) is 0 Å². The van der Waals surface area contributed by atoms with Crippen LogP contribution in [0.15, 0.2) is 257 Å². The van der Waals surface area contributed by atoms with Crippen LogP contribution in [-0.2, 0) is 4.42 Å². The zero-order valence-corrected chi connectivity index (χ0v) is 38.8. The molecular weight excluding hydrogens is 904 g/mol. The van der Waals surface area contributed by atoms with Crippen LogP contribution in [-0.4, -0.2) is 22.2 Å². The summed E-state index contributed by atoms with van der Waals surface area (Å²) in [5.41, 5.74) is 10.1. The molecule has 6 nitrogen and oxygen atoms in total. The molecule has 9 aromatic carbocycles. The fourth-order valence-corrected chi connectivity index (χ4v) is 9.55. The first-order valence-electron chi connectivity index (χ1n) is 22.8. The quantitative estimate of drug-likeness (QED) is 0.135. The summed E-state index contributed by atoms with van der Waals surface area (Å²) >= 11 is 14.3. The van der Waals surface area contributed by atoms with Crippen molar-refractivity contribution in [2.75, 3.05) is 0 Å². The van der Waals surface area contributed by atoms with Gasteiger partial charge in [-0.25, -0.2) is 14.4 Å². The molecule has 332 valence electrons. The second-order valence-electron chi connectivity index (χ2n) is 16.8. The van der Waals surface area contributed by atoms with E-state index in [1.807, 2.05) is 194 Å². The Balaban J connectivity index is 0.937. The number of allylic oxidation sites excluding steroid dienone is 5. The Morgan fingerprint density at radius 2 is 1.06 bits per heavy atom. The molecule has 1 aliphatic carbocycles. The molecule has 0 N–H and O–H groups in total. The van der Waals surface area contributed by atoms with E-state index in [-0.39, 0.29) is 0 Å². The van der Waals surface area contributed by atoms with Crippen molar-refractivity contribution < 1.29 is 9.16 Å². The second kappa shape index (κ2) is 18.4. The standard InChI is InChI=1S/C62H38Cl2N4O2/c63-51-37-45(31-33-49(51)61-65-57(41-19-5-1-6-20-41)58(66-61)42-21-7-2-8-22-42)69-53-35-29-39-17-13-15-27-47(39)55(53)56-48-28-16-14-18-40(48)30-36-54(56)70-46-32-34-50(52(64)38-46)62-67-59(43-23-9-3-10-24-43)60(68-62)44-25-11-4-12-26-44/h1-38H. The van der Waals surface area contributed by atoms with Crippen molar-refractivity contribution >= 4 is 62.0 Å². The van der Waals surface area contributed by atoms with Gasteiger partial charge in [-0.1, -0.05) is 199 Å². The number of hydrogen-bond acceptors (Lipinski definition) is 4. The van der Waals surface area contributed by atoms with Crippen LogP contribution in [0.4, 0.5) is 0 Å². The smallest absolute Gasteiger partial charge is 0.362 e. The van der Waals surface area contributed by atoms with Crippen LogP contribution in [0, 0.1) is 0 Å². The SMILES string of the molecule is ClC1=CC(=[O+]c2ccc3ccccc3c2-c2c(Oc3ccc(-c4nc(-c5ccccc5)c(-c5ccccc5)[n-]4)c(Cl)c3)ccc3ccccc23)C=CC1=C1N=C(c2ccccc2)C(c2ccccc2)=N1. The Morgan fingerprint density at radius 3 is 1.67 bits per heavy atom. The zero-order chi connectivity index (χ0) is 47.0. The van der Waals surface area contributed by atoms with E-state index in [0.717, 1.165) is 77.7 Å². The van der Waals surface area contributed by atoms with E-state index in [1.165, 1.54) is 0 Å². The Hall–Kier alpha value is -8.68. The fourth-order valence-electron chi connectivity index (χ4n) is 9.04. The van der Waals surface area contributed by atoms with Gasteiger partial charge in [0.2, 0.25) is 0 Å². The largest absolute Gasteiger partial charge is 0.457 e. The molecule has 12 rings (SSSR count). The average molecular weight is 942 g/mol. The van der Waals surface area contributed by atoms with Crippen LogP contribution in [0.3, 0.4) is 0 Å². The maximum Gasteiger partial charge on any atom is 0.362 e. The molecule has 1 aliphatic heterocycles. The highest BCUT2D eigenvalue weighted by molar-refractivity contribution is 6.55. The topological polar surface area (TPSA) is 72.2 Å². The van der Waals surface area contributed by atoms with Crippen LogP contribution in [0.1, 0.15) is 11.1 Å². The predicted octanol–water partition coefficient (Wildman–Crippen LogP) is 16.2. The average Bonchev–Trinajstić information content (AvgIpc) is 4.06. The van der Waals surface area contributed by atoms with Crippen molar-refractivity contribution in [3.8, 4) is 62.3 Å². The summed E-state index contributed by atoms with van der Waals surface area (Å²) in [5, 5.41) is 4.97. The lowest BCUT2D eigenvalue weighted by molar-refractivity contribution is -0.363. The molecule has 0 unspecified atom stereocenters. The van der Waals surface area contributed by atoms with Gasteiger partial charge in [0.05, 0.1) is 33.1 Å². The molecule has 0 saturated carbocycles. The third kappa shape index (κ3) is 8.15. The number of ketones is 1. The summed E-state index contributed by atoms with van der Waals surface area (Å²) in [4.78, 5) is 20.2. The highest BCUT2D eigenvalue weighted by atomic mass is 35.5. The number of halogens is 2. The normalized spacial score (nSPS) is 14.0. The Morgan fingerprint density at radius 1 is 0.500 bits per heavy atom. The minimum atomic E-state index is 0.457. The summed E-state index contributed by atoms with van der Waals surface area (Å²) in [6.45, 7) is 0. The summed E-state index contributed by atoms with van der Waals surface area (Å²) in [6.07, 6.45) is 5.65. The first-order valence-corrected chi connectivity index (χ1v) is 23.6.